The van der Waals surface area contributed by atoms with Gasteiger partial charge in [-0.3, -0.25) is 14.8 Å². The van der Waals surface area contributed by atoms with E-state index in [1.165, 1.54) is 11.3 Å². The van der Waals surface area contributed by atoms with Gasteiger partial charge in [-0.25, -0.2) is 4.98 Å². The van der Waals surface area contributed by atoms with Gasteiger partial charge in [0.1, 0.15) is 5.75 Å². The molecule has 0 unspecified atom stereocenters. The molecule has 0 aliphatic carbocycles. The average molecular weight is 356 g/mol. The maximum Gasteiger partial charge on any atom is 0.278 e. The summed E-state index contributed by atoms with van der Waals surface area (Å²) in [6.45, 7) is 6.44. The van der Waals surface area contributed by atoms with Crippen molar-refractivity contribution >= 4 is 22.4 Å². The molecule has 0 saturated carbocycles. The van der Waals surface area contributed by atoms with Crippen molar-refractivity contribution in [3.05, 3.63) is 46.6 Å². The highest BCUT2D eigenvalue weighted by Gasteiger charge is 2.17. The number of hydrogen-bond acceptors (Lipinski definition) is 5. The number of aryl methyl sites for hydroxylation is 3. The Hall–Kier alpha value is -2.67. The van der Waals surface area contributed by atoms with Gasteiger partial charge in [-0.15, -0.1) is 11.3 Å². The Balaban J connectivity index is 1.80. The maximum absolute atomic E-state index is 12.4. The van der Waals surface area contributed by atoms with E-state index in [-0.39, 0.29) is 5.91 Å². The van der Waals surface area contributed by atoms with E-state index in [1.807, 2.05) is 51.2 Å². The number of amides is 1. The van der Waals surface area contributed by atoms with E-state index >= 15 is 0 Å². The summed E-state index contributed by atoms with van der Waals surface area (Å²) < 4.78 is 7.09. The van der Waals surface area contributed by atoms with E-state index in [1.54, 1.807) is 11.7 Å². The van der Waals surface area contributed by atoms with Crippen LogP contribution < -0.4 is 10.1 Å². The van der Waals surface area contributed by atoms with Gasteiger partial charge in [0.15, 0.2) is 10.8 Å². The lowest BCUT2D eigenvalue weighted by Crippen LogP contribution is -2.14. The van der Waals surface area contributed by atoms with Gasteiger partial charge >= 0.3 is 0 Å². The van der Waals surface area contributed by atoms with Crippen molar-refractivity contribution in [1.29, 1.82) is 0 Å². The third-order valence-electron chi connectivity index (χ3n) is 3.68. The van der Waals surface area contributed by atoms with Gasteiger partial charge in [0, 0.05) is 29.2 Å². The highest BCUT2D eigenvalue weighted by atomic mass is 32.1. The highest BCUT2D eigenvalue weighted by molar-refractivity contribution is 7.16. The van der Waals surface area contributed by atoms with Crippen LogP contribution in [0.1, 0.15) is 27.9 Å². The zero-order valence-corrected chi connectivity index (χ0v) is 15.5. The second-order valence-electron chi connectivity index (χ2n) is 5.67. The van der Waals surface area contributed by atoms with E-state index in [2.05, 4.69) is 15.4 Å². The van der Waals surface area contributed by atoms with Crippen LogP contribution in [-0.4, -0.2) is 27.3 Å². The lowest BCUT2D eigenvalue weighted by Gasteiger charge is -2.04. The van der Waals surface area contributed by atoms with E-state index in [0.717, 1.165) is 27.4 Å². The van der Waals surface area contributed by atoms with Gasteiger partial charge in [0.05, 0.1) is 12.3 Å². The predicted octanol–water partition coefficient (Wildman–Crippen LogP) is 3.81. The van der Waals surface area contributed by atoms with Crippen molar-refractivity contribution in [2.24, 2.45) is 7.05 Å². The number of anilines is 1. The minimum absolute atomic E-state index is 0.245. The molecule has 130 valence electrons. The predicted molar refractivity (Wildman–Crippen MR) is 99.4 cm³/mol. The highest BCUT2D eigenvalue weighted by Crippen LogP contribution is 2.31. The minimum Gasteiger partial charge on any atom is -0.494 e. The number of ether oxygens (including phenoxy) is 1. The van der Waals surface area contributed by atoms with E-state index in [0.29, 0.717) is 17.4 Å². The first kappa shape index (κ1) is 17.2. The van der Waals surface area contributed by atoms with Crippen molar-refractivity contribution in [2.75, 3.05) is 11.9 Å². The molecule has 2 aromatic heterocycles. The summed E-state index contributed by atoms with van der Waals surface area (Å²) in [5.74, 6) is 0.586. The van der Waals surface area contributed by atoms with E-state index in [9.17, 15) is 4.79 Å². The molecule has 0 saturated heterocycles. The Bertz CT molecular complexity index is 896. The topological polar surface area (TPSA) is 69.0 Å². The van der Waals surface area contributed by atoms with Crippen LogP contribution in [0.4, 0.5) is 5.13 Å². The number of rotatable bonds is 5. The second kappa shape index (κ2) is 7.06. The van der Waals surface area contributed by atoms with E-state index < -0.39 is 0 Å². The van der Waals surface area contributed by atoms with Crippen LogP contribution in [0.3, 0.4) is 0 Å². The van der Waals surface area contributed by atoms with Crippen LogP contribution in [-0.2, 0) is 7.05 Å². The van der Waals surface area contributed by atoms with Gasteiger partial charge in [-0.1, -0.05) is 0 Å². The molecule has 0 spiro atoms. The molecular weight excluding hydrogens is 336 g/mol. The fourth-order valence-corrected chi connectivity index (χ4v) is 3.41. The molecule has 1 N–H and O–H groups in total. The summed E-state index contributed by atoms with van der Waals surface area (Å²) >= 11 is 1.45. The number of aromatic nitrogens is 3. The number of nitrogens with zero attached hydrogens (tertiary/aromatic N) is 3. The van der Waals surface area contributed by atoms with Crippen molar-refractivity contribution < 1.29 is 9.53 Å². The number of hydrogen-bond donors (Lipinski definition) is 1. The SMILES string of the molecule is CCOc1ccc(-c2nc(NC(=O)c3nn(C)cc3C)sc2C)cc1. The lowest BCUT2D eigenvalue weighted by atomic mass is 10.1. The lowest BCUT2D eigenvalue weighted by molar-refractivity contribution is 0.102. The third kappa shape index (κ3) is 3.71. The molecular formula is C18H20N4O2S. The van der Waals surface area contributed by atoms with Crippen LogP contribution in [0, 0.1) is 13.8 Å². The Morgan fingerprint density at radius 1 is 1.28 bits per heavy atom. The normalized spacial score (nSPS) is 10.7. The fourth-order valence-electron chi connectivity index (χ4n) is 2.58. The van der Waals surface area contributed by atoms with Gasteiger partial charge < -0.3 is 4.74 Å². The average Bonchev–Trinajstić information content (AvgIpc) is 3.10. The molecule has 0 fully saturated rings. The summed E-state index contributed by atoms with van der Waals surface area (Å²) in [5, 5.41) is 7.60. The molecule has 0 bridgehead atoms. The number of nitrogens with one attached hydrogen (secondary N) is 1. The summed E-state index contributed by atoms with van der Waals surface area (Å²) in [7, 11) is 1.79. The second-order valence-corrected chi connectivity index (χ2v) is 6.87. The first-order valence-corrected chi connectivity index (χ1v) is 8.82. The molecule has 0 aliphatic heterocycles. The maximum atomic E-state index is 12.4. The largest absolute Gasteiger partial charge is 0.494 e. The first-order valence-electron chi connectivity index (χ1n) is 8.00. The minimum atomic E-state index is -0.245. The Morgan fingerprint density at radius 2 is 2.00 bits per heavy atom. The van der Waals surface area contributed by atoms with Crippen LogP contribution in [0.15, 0.2) is 30.5 Å². The van der Waals surface area contributed by atoms with Crippen molar-refractivity contribution in [3.63, 3.8) is 0 Å². The van der Waals surface area contributed by atoms with Crippen molar-refractivity contribution in [1.82, 2.24) is 14.8 Å². The molecule has 25 heavy (non-hydrogen) atoms. The van der Waals surface area contributed by atoms with Gasteiger partial charge in [0.25, 0.3) is 5.91 Å². The smallest absolute Gasteiger partial charge is 0.278 e. The van der Waals surface area contributed by atoms with E-state index in [4.69, 9.17) is 4.74 Å². The van der Waals surface area contributed by atoms with Crippen LogP contribution in [0.2, 0.25) is 0 Å². The molecule has 7 heteroatoms. The van der Waals surface area contributed by atoms with Gasteiger partial charge in [-0.2, -0.15) is 5.10 Å². The molecule has 0 aliphatic rings. The van der Waals surface area contributed by atoms with Crippen molar-refractivity contribution in [3.8, 4) is 17.0 Å². The summed E-state index contributed by atoms with van der Waals surface area (Å²) in [6.07, 6.45) is 1.81. The molecule has 3 aromatic rings. The Morgan fingerprint density at radius 3 is 2.60 bits per heavy atom. The van der Waals surface area contributed by atoms with Crippen LogP contribution in [0.25, 0.3) is 11.3 Å². The van der Waals surface area contributed by atoms with Crippen LogP contribution >= 0.6 is 11.3 Å². The molecule has 0 atom stereocenters. The number of carbonyl (C=O) groups excluding carboxylic acids is 1. The fraction of sp³-hybridized carbons (Fsp3) is 0.278. The zero-order chi connectivity index (χ0) is 18.0. The Kier molecular flexibility index (Phi) is 4.85. The first-order chi connectivity index (χ1) is 12.0. The molecule has 3 rings (SSSR count). The quantitative estimate of drug-likeness (QED) is 0.755. The van der Waals surface area contributed by atoms with Gasteiger partial charge in [-0.05, 0) is 45.0 Å². The summed E-state index contributed by atoms with van der Waals surface area (Å²) in [4.78, 5) is 18.0. The third-order valence-corrected chi connectivity index (χ3v) is 4.57. The monoisotopic (exact) mass is 356 g/mol. The summed E-state index contributed by atoms with van der Waals surface area (Å²) in [5.41, 5.74) is 3.10. The number of thiazole rings is 1. The zero-order valence-electron chi connectivity index (χ0n) is 14.7. The van der Waals surface area contributed by atoms with Crippen LogP contribution in [0.5, 0.6) is 5.75 Å². The molecule has 2 heterocycles. The molecule has 6 nitrogen and oxygen atoms in total. The number of benzene rings is 1. The van der Waals surface area contributed by atoms with Crippen molar-refractivity contribution in [2.45, 2.75) is 20.8 Å². The molecule has 1 amide bonds. The number of carbonyl (C=O) groups is 1. The Labute approximate surface area is 150 Å². The summed E-state index contributed by atoms with van der Waals surface area (Å²) in [6, 6.07) is 7.79. The molecule has 1 aromatic carbocycles. The van der Waals surface area contributed by atoms with Gasteiger partial charge in [0.2, 0.25) is 0 Å². The molecule has 0 radical (unpaired) electrons. The standard InChI is InChI=1S/C18H20N4O2S/c1-5-24-14-8-6-13(7-9-14)16-12(3)25-18(19-16)20-17(23)15-11(2)10-22(4)21-15/h6-10H,5H2,1-4H3,(H,19,20,23).